The quantitative estimate of drug-likeness (QED) is 0.635. The number of aliphatic hydroxyl groups is 1. The molecule has 2 atom stereocenters. The van der Waals surface area contributed by atoms with Crippen LogP contribution in [0.3, 0.4) is 0 Å². The fourth-order valence-corrected chi connectivity index (χ4v) is 3.47. The first-order valence-corrected chi connectivity index (χ1v) is 6.01. The van der Waals surface area contributed by atoms with E-state index >= 15 is 0 Å². The number of hydrogen-bond acceptors (Lipinski definition) is 1. The summed E-state index contributed by atoms with van der Waals surface area (Å²) in [6.07, 6.45) is 8.66. The molecule has 1 heteroatoms. The van der Waals surface area contributed by atoms with Crippen LogP contribution in [-0.2, 0) is 0 Å². The van der Waals surface area contributed by atoms with Crippen LogP contribution in [-0.4, -0.2) is 10.7 Å². The van der Waals surface area contributed by atoms with Crippen molar-refractivity contribution in [1.82, 2.24) is 0 Å². The number of hydrogen-bond donors (Lipinski definition) is 1. The van der Waals surface area contributed by atoms with E-state index in [1.807, 2.05) is 6.92 Å². The molecule has 80 valence electrons. The zero-order valence-corrected chi connectivity index (χ0v) is 9.26. The third-order valence-corrected chi connectivity index (χ3v) is 4.18. The minimum atomic E-state index is -0.459. The van der Waals surface area contributed by atoms with Gasteiger partial charge in [-0.05, 0) is 38.5 Å². The average molecular weight is 194 g/mol. The second-order valence-electron chi connectivity index (χ2n) is 5.39. The maximum absolute atomic E-state index is 10.3. The van der Waals surface area contributed by atoms with Crippen molar-refractivity contribution in [2.45, 2.75) is 57.5 Å². The van der Waals surface area contributed by atoms with Gasteiger partial charge < -0.3 is 5.11 Å². The second kappa shape index (κ2) is 3.69. The highest BCUT2D eigenvalue weighted by Gasteiger charge is 2.43. The monoisotopic (exact) mass is 194 g/mol. The smallest absolute Gasteiger partial charge is 0.0690 e. The van der Waals surface area contributed by atoms with Gasteiger partial charge in [0, 0.05) is 5.92 Å². The van der Waals surface area contributed by atoms with E-state index in [-0.39, 0.29) is 0 Å². The lowest BCUT2D eigenvalue weighted by Gasteiger charge is -2.35. The summed E-state index contributed by atoms with van der Waals surface area (Å²) in [7, 11) is 0. The Morgan fingerprint density at radius 2 is 1.93 bits per heavy atom. The van der Waals surface area contributed by atoms with E-state index in [1.165, 1.54) is 37.7 Å². The lowest BCUT2D eigenvalue weighted by atomic mass is 9.73. The first-order valence-electron chi connectivity index (χ1n) is 6.01. The van der Waals surface area contributed by atoms with Gasteiger partial charge in [0.2, 0.25) is 0 Å². The molecular weight excluding hydrogens is 172 g/mol. The number of rotatable bonds is 1. The lowest BCUT2D eigenvalue weighted by molar-refractivity contribution is -0.000910. The van der Waals surface area contributed by atoms with E-state index in [1.54, 1.807) is 0 Å². The molecule has 14 heavy (non-hydrogen) atoms. The summed E-state index contributed by atoms with van der Waals surface area (Å²) >= 11 is 0. The zero-order valence-electron chi connectivity index (χ0n) is 9.26. The predicted octanol–water partition coefficient (Wildman–Crippen LogP) is 3.28. The van der Waals surface area contributed by atoms with Crippen molar-refractivity contribution in [1.29, 1.82) is 0 Å². The van der Waals surface area contributed by atoms with Crippen LogP contribution in [0.5, 0.6) is 0 Å². The van der Waals surface area contributed by atoms with E-state index in [9.17, 15) is 5.11 Å². The van der Waals surface area contributed by atoms with Crippen molar-refractivity contribution in [3.8, 4) is 0 Å². The summed E-state index contributed by atoms with van der Waals surface area (Å²) in [4.78, 5) is 0. The third kappa shape index (κ3) is 1.75. The summed E-state index contributed by atoms with van der Waals surface area (Å²) < 4.78 is 0. The van der Waals surface area contributed by atoms with Crippen molar-refractivity contribution in [2.24, 2.45) is 11.8 Å². The van der Waals surface area contributed by atoms with E-state index in [4.69, 9.17) is 0 Å². The minimum absolute atomic E-state index is 0.391. The van der Waals surface area contributed by atoms with E-state index in [0.29, 0.717) is 11.8 Å². The molecular formula is C13H22O. The molecule has 2 aliphatic carbocycles. The van der Waals surface area contributed by atoms with Crippen LogP contribution in [0, 0.1) is 11.8 Å². The van der Waals surface area contributed by atoms with Crippen molar-refractivity contribution < 1.29 is 5.11 Å². The third-order valence-electron chi connectivity index (χ3n) is 4.18. The normalized spacial score (nSPS) is 40.4. The Morgan fingerprint density at radius 3 is 2.43 bits per heavy atom. The first kappa shape index (κ1) is 10.2. The maximum Gasteiger partial charge on any atom is 0.0690 e. The Hall–Kier alpha value is -0.300. The topological polar surface area (TPSA) is 20.2 Å². The van der Waals surface area contributed by atoms with Crippen molar-refractivity contribution in [2.75, 3.05) is 0 Å². The Labute approximate surface area is 87.2 Å². The van der Waals surface area contributed by atoms with E-state index < -0.39 is 5.60 Å². The van der Waals surface area contributed by atoms with Gasteiger partial charge in [0.15, 0.2) is 0 Å². The lowest BCUT2D eigenvalue weighted by Crippen LogP contribution is -2.35. The highest BCUT2D eigenvalue weighted by atomic mass is 16.3. The second-order valence-corrected chi connectivity index (χ2v) is 5.39. The fourth-order valence-electron chi connectivity index (χ4n) is 3.47. The van der Waals surface area contributed by atoms with Crippen LogP contribution < -0.4 is 0 Å². The Bertz CT molecular complexity index is 223. The van der Waals surface area contributed by atoms with E-state index in [0.717, 1.165) is 12.8 Å². The van der Waals surface area contributed by atoms with Gasteiger partial charge in [0.1, 0.15) is 0 Å². The molecule has 0 aromatic carbocycles. The predicted molar refractivity (Wildman–Crippen MR) is 59.1 cm³/mol. The van der Waals surface area contributed by atoms with Gasteiger partial charge >= 0.3 is 0 Å². The van der Waals surface area contributed by atoms with Gasteiger partial charge in [-0.3, -0.25) is 0 Å². The van der Waals surface area contributed by atoms with Crippen LogP contribution >= 0.6 is 0 Å². The molecule has 0 heterocycles. The van der Waals surface area contributed by atoms with Crippen LogP contribution in [0.25, 0.3) is 0 Å². The summed E-state index contributed by atoms with van der Waals surface area (Å²) in [5, 5.41) is 10.3. The van der Waals surface area contributed by atoms with E-state index in [2.05, 4.69) is 6.58 Å². The standard InChI is InChI=1S/C13H22O/c1-10-8-9-13(2,14)12(10)11-6-4-3-5-7-11/h11-12,14H,1,3-9H2,2H3/t12-,13-/m1/s1. The molecule has 2 rings (SSSR count). The molecule has 2 saturated carbocycles. The van der Waals surface area contributed by atoms with Gasteiger partial charge in [-0.15, -0.1) is 0 Å². The van der Waals surface area contributed by atoms with Crippen molar-refractivity contribution in [3.63, 3.8) is 0 Å². The highest BCUT2D eigenvalue weighted by Crippen LogP contribution is 2.47. The summed E-state index contributed by atoms with van der Waals surface area (Å²) in [5.74, 6) is 1.11. The Balaban J connectivity index is 2.10. The largest absolute Gasteiger partial charge is 0.390 e. The Morgan fingerprint density at radius 1 is 1.29 bits per heavy atom. The zero-order chi connectivity index (χ0) is 10.2. The van der Waals surface area contributed by atoms with Gasteiger partial charge in [0.05, 0.1) is 5.60 Å². The SMILES string of the molecule is C=C1CC[C@@](C)(O)[C@H]1C1CCCCC1. The van der Waals surface area contributed by atoms with Gasteiger partial charge in [-0.1, -0.05) is 31.4 Å². The highest BCUT2D eigenvalue weighted by molar-refractivity contribution is 5.16. The summed E-state index contributed by atoms with van der Waals surface area (Å²) in [6, 6.07) is 0. The molecule has 0 bridgehead atoms. The fraction of sp³-hybridized carbons (Fsp3) is 0.846. The molecule has 2 fully saturated rings. The maximum atomic E-state index is 10.3. The average Bonchev–Trinajstić information content (AvgIpc) is 2.42. The van der Waals surface area contributed by atoms with Crippen LogP contribution in [0.4, 0.5) is 0 Å². The molecule has 0 amide bonds. The molecule has 0 radical (unpaired) electrons. The van der Waals surface area contributed by atoms with Crippen LogP contribution in [0.15, 0.2) is 12.2 Å². The molecule has 2 aliphatic rings. The Kier molecular flexibility index (Phi) is 2.70. The molecule has 0 aromatic rings. The molecule has 0 aromatic heterocycles. The van der Waals surface area contributed by atoms with Gasteiger partial charge in [0.25, 0.3) is 0 Å². The molecule has 0 saturated heterocycles. The molecule has 0 spiro atoms. The summed E-state index contributed by atoms with van der Waals surface area (Å²) in [5.41, 5.74) is 0.848. The minimum Gasteiger partial charge on any atom is -0.390 e. The van der Waals surface area contributed by atoms with Crippen LogP contribution in [0.1, 0.15) is 51.9 Å². The first-order chi connectivity index (χ1) is 6.61. The molecule has 0 aliphatic heterocycles. The van der Waals surface area contributed by atoms with Gasteiger partial charge in [-0.2, -0.15) is 0 Å². The van der Waals surface area contributed by atoms with Crippen molar-refractivity contribution in [3.05, 3.63) is 12.2 Å². The molecule has 1 N–H and O–H groups in total. The van der Waals surface area contributed by atoms with Crippen LogP contribution in [0.2, 0.25) is 0 Å². The molecule has 1 nitrogen and oxygen atoms in total. The summed E-state index contributed by atoms with van der Waals surface area (Å²) in [6.45, 7) is 6.15. The van der Waals surface area contributed by atoms with Crippen molar-refractivity contribution >= 4 is 0 Å². The molecule has 0 unspecified atom stereocenters. The van der Waals surface area contributed by atoms with Gasteiger partial charge in [-0.25, -0.2) is 0 Å².